The van der Waals surface area contributed by atoms with Crippen molar-refractivity contribution < 1.29 is 19.3 Å². The Morgan fingerprint density at radius 2 is 1.75 bits per heavy atom. The van der Waals surface area contributed by atoms with E-state index < -0.39 is 0 Å². The van der Waals surface area contributed by atoms with Crippen LogP contribution in [0, 0.1) is 11.8 Å². The first kappa shape index (κ1) is 15.0. The van der Waals surface area contributed by atoms with E-state index in [0.717, 1.165) is 5.56 Å². The Bertz CT molecular complexity index is 462. The molecule has 1 N–H and O–H groups in total. The van der Waals surface area contributed by atoms with E-state index in [-0.39, 0.29) is 31.0 Å². The molecule has 20 heavy (non-hydrogen) atoms. The van der Waals surface area contributed by atoms with Crippen molar-refractivity contribution in [2.45, 2.75) is 30.8 Å². The Kier molecular flexibility index (Phi) is 5.57. The van der Waals surface area contributed by atoms with Gasteiger partial charge in [-0.15, -0.1) is 0 Å². The van der Waals surface area contributed by atoms with Crippen molar-refractivity contribution >= 4 is 0 Å². The molecule has 2 rings (SSSR count). The number of methoxy groups -OCH3 is 2. The molecule has 4 nitrogen and oxygen atoms in total. The van der Waals surface area contributed by atoms with Crippen LogP contribution >= 0.6 is 0 Å². The number of rotatable bonds is 4. The van der Waals surface area contributed by atoms with E-state index in [4.69, 9.17) is 14.2 Å². The summed E-state index contributed by atoms with van der Waals surface area (Å²) in [4.78, 5) is 0. The quantitative estimate of drug-likeness (QED) is 0.840. The molecular formula is C16H20O4. The highest BCUT2D eigenvalue weighted by Crippen LogP contribution is 2.27. The minimum Gasteiger partial charge on any atom is -0.394 e. The summed E-state index contributed by atoms with van der Waals surface area (Å²) < 4.78 is 16.5. The molecule has 0 radical (unpaired) electrons. The molecule has 1 aromatic rings. The lowest BCUT2D eigenvalue weighted by molar-refractivity contribution is -0.0398. The van der Waals surface area contributed by atoms with Gasteiger partial charge in [0.2, 0.25) is 0 Å². The van der Waals surface area contributed by atoms with Gasteiger partial charge in [-0.3, -0.25) is 0 Å². The van der Waals surface area contributed by atoms with Gasteiger partial charge in [0.25, 0.3) is 0 Å². The fourth-order valence-corrected chi connectivity index (χ4v) is 2.46. The first-order valence-corrected chi connectivity index (χ1v) is 6.66. The van der Waals surface area contributed by atoms with Crippen molar-refractivity contribution in [2.75, 3.05) is 20.8 Å². The van der Waals surface area contributed by atoms with Gasteiger partial charge in [0.15, 0.2) is 0 Å². The third-order valence-electron chi connectivity index (χ3n) is 3.44. The van der Waals surface area contributed by atoms with Crippen molar-refractivity contribution in [1.82, 2.24) is 0 Å². The van der Waals surface area contributed by atoms with E-state index in [1.807, 2.05) is 30.3 Å². The van der Waals surface area contributed by atoms with Gasteiger partial charge in [-0.25, -0.2) is 0 Å². The number of ether oxygens (including phenoxy) is 3. The highest BCUT2D eigenvalue weighted by Gasteiger charge is 2.44. The SMILES string of the molecule is CO[C@H]1[C@H](OC)[C@@H](CC#Cc2ccccc2)O[C@H]1CO. The molecule has 0 unspecified atom stereocenters. The summed E-state index contributed by atoms with van der Waals surface area (Å²) in [7, 11) is 3.22. The molecule has 0 aromatic heterocycles. The predicted molar refractivity (Wildman–Crippen MR) is 75.3 cm³/mol. The topological polar surface area (TPSA) is 47.9 Å². The molecule has 108 valence electrons. The largest absolute Gasteiger partial charge is 0.394 e. The van der Waals surface area contributed by atoms with Gasteiger partial charge in [-0.1, -0.05) is 30.0 Å². The van der Waals surface area contributed by atoms with Crippen LogP contribution in [0.25, 0.3) is 0 Å². The fourth-order valence-electron chi connectivity index (χ4n) is 2.46. The Morgan fingerprint density at radius 1 is 1.10 bits per heavy atom. The molecule has 0 saturated carbocycles. The Hall–Kier alpha value is -1.38. The zero-order chi connectivity index (χ0) is 14.4. The third kappa shape index (κ3) is 3.38. The molecule has 1 aromatic carbocycles. The number of hydrogen-bond donors (Lipinski definition) is 1. The summed E-state index contributed by atoms with van der Waals surface area (Å²) in [6.07, 6.45) is -0.452. The van der Waals surface area contributed by atoms with E-state index in [1.54, 1.807) is 14.2 Å². The minimum atomic E-state index is -0.353. The smallest absolute Gasteiger partial charge is 0.114 e. The van der Waals surface area contributed by atoms with Gasteiger partial charge in [0, 0.05) is 26.2 Å². The second kappa shape index (κ2) is 7.41. The molecule has 1 aliphatic heterocycles. The summed E-state index contributed by atoms with van der Waals surface area (Å²) >= 11 is 0. The summed E-state index contributed by atoms with van der Waals surface area (Å²) in [6.45, 7) is -0.0824. The first-order valence-electron chi connectivity index (χ1n) is 6.66. The average Bonchev–Trinajstić information content (AvgIpc) is 2.85. The molecule has 0 bridgehead atoms. The maximum Gasteiger partial charge on any atom is 0.114 e. The van der Waals surface area contributed by atoms with Crippen molar-refractivity contribution in [1.29, 1.82) is 0 Å². The summed E-state index contributed by atoms with van der Waals surface area (Å²) in [5.41, 5.74) is 0.974. The average molecular weight is 276 g/mol. The summed E-state index contributed by atoms with van der Waals surface area (Å²) in [6, 6.07) is 9.80. The molecule has 1 fully saturated rings. The second-order valence-corrected chi connectivity index (χ2v) is 4.67. The Morgan fingerprint density at radius 3 is 2.35 bits per heavy atom. The maximum atomic E-state index is 9.31. The van der Waals surface area contributed by atoms with Gasteiger partial charge in [-0.05, 0) is 12.1 Å². The number of aliphatic hydroxyl groups is 1. The van der Waals surface area contributed by atoms with E-state index in [2.05, 4.69) is 11.8 Å². The Balaban J connectivity index is 2.00. The first-order chi connectivity index (χ1) is 9.80. The lowest BCUT2D eigenvalue weighted by Crippen LogP contribution is -2.37. The van der Waals surface area contributed by atoms with Crippen LogP contribution in [0.1, 0.15) is 12.0 Å². The third-order valence-corrected chi connectivity index (χ3v) is 3.44. The monoisotopic (exact) mass is 276 g/mol. The normalized spacial score (nSPS) is 28.9. The lowest BCUT2D eigenvalue weighted by Gasteiger charge is -2.20. The summed E-state index contributed by atoms with van der Waals surface area (Å²) in [5, 5.41) is 9.31. The van der Waals surface area contributed by atoms with Crippen LogP contribution in [0.15, 0.2) is 30.3 Å². The van der Waals surface area contributed by atoms with Crippen LogP contribution in [0.5, 0.6) is 0 Å². The van der Waals surface area contributed by atoms with Crippen LogP contribution < -0.4 is 0 Å². The van der Waals surface area contributed by atoms with Gasteiger partial charge < -0.3 is 19.3 Å². The van der Waals surface area contributed by atoms with Crippen molar-refractivity contribution in [3.05, 3.63) is 35.9 Å². The number of aliphatic hydroxyl groups excluding tert-OH is 1. The van der Waals surface area contributed by atoms with Crippen LogP contribution in [-0.4, -0.2) is 50.3 Å². The molecule has 1 saturated heterocycles. The van der Waals surface area contributed by atoms with E-state index in [1.165, 1.54) is 0 Å². The van der Waals surface area contributed by atoms with Crippen LogP contribution in [0.3, 0.4) is 0 Å². The van der Waals surface area contributed by atoms with E-state index >= 15 is 0 Å². The predicted octanol–water partition coefficient (Wildman–Crippen LogP) is 1.22. The molecule has 4 heteroatoms. The molecule has 4 atom stereocenters. The molecule has 0 amide bonds. The van der Waals surface area contributed by atoms with Gasteiger partial charge in [-0.2, -0.15) is 0 Å². The zero-order valence-electron chi connectivity index (χ0n) is 11.8. The van der Waals surface area contributed by atoms with Crippen molar-refractivity contribution in [3.63, 3.8) is 0 Å². The molecule has 1 aliphatic rings. The van der Waals surface area contributed by atoms with Crippen molar-refractivity contribution in [2.24, 2.45) is 0 Å². The van der Waals surface area contributed by atoms with Crippen LogP contribution in [-0.2, 0) is 14.2 Å². The van der Waals surface area contributed by atoms with Gasteiger partial charge in [0.1, 0.15) is 18.3 Å². The highest BCUT2D eigenvalue weighted by molar-refractivity contribution is 5.33. The van der Waals surface area contributed by atoms with E-state index in [9.17, 15) is 5.11 Å². The molecule has 0 aliphatic carbocycles. The van der Waals surface area contributed by atoms with Gasteiger partial charge >= 0.3 is 0 Å². The maximum absolute atomic E-state index is 9.31. The molecule has 0 spiro atoms. The van der Waals surface area contributed by atoms with Crippen LogP contribution in [0.2, 0.25) is 0 Å². The molecule has 1 heterocycles. The van der Waals surface area contributed by atoms with Gasteiger partial charge in [0.05, 0.1) is 12.7 Å². The standard InChI is InChI=1S/C16H20O4/c1-18-15-13(20-14(11-17)16(15)19-2)10-6-9-12-7-4-3-5-8-12/h3-5,7-8,13-17H,10-11H2,1-2H3/t13-,14+,15-,16-/m1/s1. The number of hydrogen-bond acceptors (Lipinski definition) is 4. The zero-order valence-corrected chi connectivity index (χ0v) is 11.8. The van der Waals surface area contributed by atoms with Crippen LogP contribution in [0.4, 0.5) is 0 Å². The highest BCUT2D eigenvalue weighted by atomic mass is 16.6. The van der Waals surface area contributed by atoms with Crippen molar-refractivity contribution in [3.8, 4) is 11.8 Å². The lowest BCUT2D eigenvalue weighted by atomic mass is 10.1. The number of benzene rings is 1. The second-order valence-electron chi connectivity index (χ2n) is 4.67. The molecular weight excluding hydrogens is 256 g/mol. The summed E-state index contributed by atoms with van der Waals surface area (Å²) in [5.74, 6) is 6.20. The fraction of sp³-hybridized carbons (Fsp3) is 0.500. The van der Waals surface area contributed by atoms with E-state index in [0.29, 0.717) is 6.42 Å². The minimum absolute atomic E-state index is 0.0824. The Labute approximate surface area is 119 Å².